The van der Waals surface area contributed by atoms with E-state index in [0.717, 1.165) is 0 Å². The SMILES string of the molecule is O=S(=O)(Nc1c(Br)cc(F)cc1Br)c1ccccc1. The van der Waals surface area contributed by atoms with Gasteiger partial charge in [0.2, 0.25) is 0 Å². The molecule has 0 saturated carbocycles. The van der Waals surface area contributed by atoms with E-state index < -0.39 is 15.8 Å². The molecule has 0 bridgehead atoms. The first-order valence-electron chi connectivity index (χ1n) is 5.12. The van der Waals surface area contributed by atoms with Crippen molar-refractivity contribution in [2.24, 2.45) is 0 Å². The number of hydrogen-bond acceptors (Lipinski definition) is 2. The summed E-state index contributed by atoms with van der Waals surface area (Å²) in [6.07, 6.45) is 0. The van der Waals surface area contributed by atoms with Gasteiger partial charge in [-0.25, -0.2) is 12.8 Å². The zero-order valence-corrected chi connectivity index (χ0v) is 13.4. The summed E-state index contributed by atoms with van der Waals surface area (Å²) >= 11 is 6.25. The third-order valence-electron chi connectivity index (χ3n) is 2.30. The van der Waals surface area contributed by atoms with Crippen molar-refractivity contribution in [1.82, 2.24) is 0 Å². The molecule has 0 heterocycles. The van der Waals surface area contributed by atoms with Gasteiger partial charge < -0.3 is 0 Å². The largest absolute Gasteiger partial charge is 0.277 e. The molecule has 2 aromatic carbocycles. The van der Waals surface area contributed by atoms with Gasteiger partial charge in [-0.1, -0.05) is 18.2 Å². The molecule has 0 spiro atoms. The molecular weight excluding hydrogens is 401 g/mol. The van der Waals surface area contributed by atoms with Crippen LogP contribution in [0.25, 0.3) is 0 Å². The highest BCUT2D eigenvalue weighted by Gasteiger charge is 2.17. The van der Waals surface area contributed by atoms with Crippen LogP contribution in [0.3, 0.4) is 0 Å². The Labute approximate surface area is 127 Å². The van der Waals surface area contributed by atoms with E-state index in [1.54, 1.807) is 18.2 Å². The summed E-state index contributed by atoms with van der Waals surface area (Å²) in [6, 6.07) is 10.3. The van der Waals surface area contributed by atoms with E-state index in [0.29, 0.717) is 8.95 Å². The van der Waals surface area contributed by atoms with E-state index in [1.807, 2.05) is 0 Å². The van der Waals surface area contributed by atoms with Crippen LogP contribution in [0.1, 0.15) is 0 Å². The molecule has 0 unspecified atom stereocenters. The second-order valence-electron chi connectivity index (χ2n) is 3.66. The van der Waals surface area contributed by atoms with Crippen molar-refractivity contribution in [3.63, 3.8) is 0 Å². The number of hydrogen-bond donors (Lipinski definition) is 1. The minimum atomic E-state index is -3.70. The van der Waals surface area contributed by atoms with Crippen LogP contribution in [0.15, 0.2) is 56.3 Å². The number of sulfonamides is 1. The second-order valence-corrected chi connectivity index (χ2v) is 7.05. The fourth-order valence-electron chi connectivity index (χ4n) is 1.43. The number of benzene rings is 2. The molecule has 0 aliphatic rings. The van der Waals surface area contributed by atoms with Gasteiger partial charge in [0, 0.05) is 8.95 Å². The van der Waals surface area contributed by atoms with E-state index in [2.05, 4.69) is 36.6 Å². The summed E-state index contributed by atoms with van der Waals surface area (Å²) in [4.78, 5) is 0.137. The van der Waals surface area contributed by atoms with Gasteiger partial charge in [-0.05, 0) is 56.1 Å². The maximum atomic E-state index is 13.1. The van der Waals surface area contributed by atoms with Gasteiger partial charge in [-0.2, -0.15) is 0 Å². The molecule has 1 N–H and O–H groups in total. The topological polar surface area (TPSA) is 46.2 Å². The molecule has 0 fully saturated rings. The van der Waals surface area contributed by atoms with Crippen molar-refractivity contribution >= 4 is 47.6 Å². The lowest BCUT2D eigenvalue weighted by atomic mass is 10.3. The Hall–Kier alpha value is -0.920. The van der Waals surface area contributed by atoms with Crippen LogP contribution >= 0.6 is 31.9 Å². The highest BCUT2D eigenvalue weighted by molar-refractivity contribution is 9.11. The molecular formula is C12H8Br2FNO2S. The lowest BCUT2D eigenvalue weighted by Gasteiger charge is -2.11. The Bertz CT molecular complexity index is 682. The van der Waals surface area contributed by atoms with Crippen LogP contribution in [-0.2, 0) is 10.0 Å². The van der Waals surface area contributed by atoms with Crippen molar-refractivity contribution in [2.45, 2.75) is 4.90 Å². The Balaban J connectivity index is 2.42. The van der Waals surface area contributed by atoms with E-state index in [1.165, 1.54) is 24.3 Å². The Morgan fingerprint density at radius 3 is 2.05 bits per heavy atom. The van der Waals surface area contributed by atoms with E-state index >= 15 is 0 Å². The lowest BCUT2D eigenvalue weighted by molar-refractivity contribution is 0.601. The molecule has 7 heteroatoms. The Morgan fingerprint density at radius 1 is 1.00 bits per heavy atom. The van der Waals surface area contributed by atoms with Crippen molar-refractivity contribution in [1.29, 1.82) is 0 Å². The number of halogens is 3. The minimum Gasteiger partial charge on any atom is -0.277 e. The summed E-state index contributed by atoms with van der Waals surface area (Å²) in [7, 11) is -3.70. The minimum absolute atomic E-state index is 0.137. The molecule has 0 saturated heterocycles. The molecule has 2 rings (SSSR count). The highest BCUT2D eigenvalue weighted by atomic mass is 79.9. The quantitative estimate of drug-likeness (QED) is 0.828. The van der Waals surface area contributed by atoms with E-state index in [4.69, 9.17) is 0 Å². The molecule has 0 atom stereocenters. The number of rotatable bonds is 3. The van der Waals surface area contributed by atoms with Crippen LogP contribution in [0.4, 0.5) is 10.1 Å². The van der Waals surface area contributed by atoms with Gasteiger partial charge in [-0.15, -0.1) is 0 Å². The van der Waals surface area contributed by atoms with Crippen LogP contribution in [0, 0.1) is 5.82 Å². The first-order valence-corrected chi connectivity index (χ1v) is 8.19. The maximum absolute atomic E-state index is 13.1. The van der Waals surface area contributed by atoms with Gasteiger partial charge in [0.15, 0.2) is 0 Å². The molecule has 19 heavy (non-hydrogen) atoms. The summed E-state index contributed by atoms with van der Waals surface area (Å²) in [5, 5.41) is 0. The van der Waals surface area contributed by atoms with Gasteiger partial charge >= 0.3 is 0 Å². The lowest BCUT2D eigenvalue weighted by Crippen LogP contribution is -2.13. The highest BCUT2D eigenvalue weighted by Crippen LogP contribution is 2.33. The van der Waals surface area contributed by atoms with Gasteiger partial charge in [0.05, 0.1) is 10.6 Å². The molecule has 0 aliphatic carbocycles. The predicted molar refractivity (Wildman–Crippen MR) is 79.1 cm³/mol. The van der Waals surface area contributed by atoms with Crippen molar-refractivity contribution < 1.29 is 12.8 Å². The molecule has 100 valence electrons. The van der Waals surface area contributed by atoms with Crippen molar-refractivity contribution in [3.05, 3.63) is 57.2 Å². The third-order valence-corrected chi connectivity index (χ3v) is 4.91. The molecule has 0 radical (unpaired) electrons. The monoisotopic (exact) mass is 407 g/mol. The second kappa shape index (κ2) is 5.60. The Morgan fingerprint density at radius 2 is 1.53 bits per heavy atom. The fourth-order valence-corrected chi connectivity index (χ4v) is 4.15. The summed E-state index contributed by atoms with van der Waals surface area (Å²) in [6.45, 7) is 0. The number of anilines is 1. The fraction of sp³-hybridized carbons (Fsp3) is 0. The molecule has 3 nitrogen and oxygen atoms in total. The van der Waals surface area contributed by atoms with Crippen LogP contribution in [0.2, 0.25) is 0 Å². The number of nitrogens with one attached hydrogen (secondary N) is 1. The van der Waals surface area contributed by atoms with Crippen LogP contribution in [0.5, 0.6) is 0 Å². The average molecular weight is 409 g/mol. The first kappa shape index (κ1) is 14.5. The zero-order chi connectivity index (χ0) is 14.0. The van der Waals surface area contributed by atoms with Crippen LogP contribution < -0.4 is 4.72 Å². The maximum Gasteiger partial charge on any atom is 0.261 e. The normalized spacial score (nSPS) is 11.3. The smallest absolute Gasteiger partial charge is 0.261 e. The standard InChI is InChI=1S/C12H8Br2FNO2S/c13-10-6-8(15)7-11(14)12(10)16-19(17,18)9-4-2-1-3-5-9/h1-7,16H. The predicted octanol–water partition coefficient (Wildman–Crippen LogP) is 4.15. The summed E-state index contributed by atoms with van der Waals surface area (Å²) < 4.78 is 40.5. The van der Waals surface area contributed by atoms with Crippen LogP contribution in [-0.4, -0.2) is 8.42 Å². The molecule has 0 aliphatic heterocycles. The van der Waals surface area contributed by atoms with Crippen molar-refractivity contribution in [3.8, 4) is 0 Å². The van der Waals surface area contributed by atoms with Crippen molar-refractivity contribution in [2.75, 3.05) is 4.72 Å². The van der Waals surface area contributed by atoms with Gasteiger partial charge in [-0.3, -0.25) is 4.72 Å². The zero-order valence-electron chi connectivity index (χ0n) is 9.40. The van der Waals surface area contributed by atoms with Gasteiger partial charge in [0.1, 0.15) is 5.82 Å². The summed E-state index contributed by atoms with van der Waals surface area (Å²) in [5.74, 6) is -0.471. The van der Waals surface area contributed by atoms with E-state index in [-0.39, 0.29) is 10.6 Å². The molecule has 0 aromatic heterocycles. The Kier molecular flexibility index (Phi) is 4.27. The average Bonchev–Trinajstić information content (AvgIpc) is 2.35. The first-order chi connectivity index (χ1) is 8.90. The third kappa shape index (κ3) is 3.34. The summed E-state index contributed by atoms with van der Waals surface area (Å²) in [5.41, 5.74) is 0.255. The van der Waals surface area contributed by atoms with Gasteiger partial charge in [0.25, 0.3) is 10.0 Å². The van der Waals surface area contributed by atoms with E-state index in [9.17, 15) is 12.8 Å². The molecule has 0 amide bonds. The molecule has 2 aromatic rings.